The third kappa shape index (κ3) is 2.72. The van der Waals surface area contributed by atoms with Gasteiger partial charge in [0.1, 0.15) is 11.8 Å². The molecule has 0 spiro atoms. The number of nitrogens with zero attached hydrogens (tertiary/aromatic N) is 2. The number of hydrogen-bond donors (Lipinski definition) is 1. The maximum atomic E-state index is 11.8. The van der Waals surface area contributed by atoms with E-state index in [1.807, 2.05) is 42.7 Å². The zero-order chi connectivity index (χ0) is 18.0. The van der Waals surface area contributed by atoms with Crippen LogP contribution in [-0.4, -0.2) is 17.1 Å². The molecule has 1 aromatic heterocycles. The van der Waals surface area contributed by atoms with Crippen molar-refractivity contribution in [2.45, 2.75) is 20.4 Å². The van der Waals surface area contributed by atoms with Crippen LogP contribution < -0.4 is 10.5 Å². The van der Waals surface area contributed by atoms with E-state index in [2.05, 4.69) is 12.1 Å². The Morgan fingerprint density at radius 1 is 1.28 bits per heavy atom. The second kappa shape index (κ2) is 6.70. The first-order valence-corrected chi connectivity index (χ1v) is 8.11. The monoisotopic (exact) mass is 332 g/mol. The highest BCUT2D eigenvalue weighted by Crippen LogP contribution is 2.35. The molecule has 2 N–H and O–H groups in total. The topological polar surface area (TPSA) is 81.0 Å². The van der Waals surface area contributed by atoms with Crippen molar-refractivity contribution < 1.29 is 9.53 Å². The number of aryl methyl sites for hydroxylation is 1. The van der Waals surface area contributed by atoms with Crippen molar-refractivity contribution in [1.82, 2.24) is 4.57 Å². The van der Waals surface area contributed by atoms with Crippen LogP contribution in [0, 0.1) is 17.4 Å². The van der Waals surface area contributed by atoms with Gasteiger partial charge in [-0.2, -0.15) is 5.26 Å². The molecule has 0 saturated heterocycles. The van der Waals surface area contributed by atoms with Crippen molar-refractivity contribution in [3.63, 3.8) is 0 Å². The highest BCUT2D eigenvalue weighted by molar-refractivity contribution is 6.10. The van der Waals surface area contributed by atoms with E-state index in [4.69, 9.17) is 10.5 Å². The van der Waals surface area contributed by atoms with E-state index in [0.717, 1.165) is 22.5 Å². The summed E-state index contributed by atoms with van der Waals surface area (Å²) in [6.45, 7) is 5.17. The Morgan fingerprint density at radius 2 is 2.00 bits per heavy atom. The number of benzene rings is 2. The summed E-state index contributed by atoms with van der Waals surface area (Å²) >= 11 is 0. The van der Waals surface area contributed by atoms with Crippen molar-refractivity contribution in [1.29, 1.82) is 5.26 Å². The number of carbonyl (C=O) groups excluding carboxylic acids is 1. The summed E-state index contributed by atoms with van der Waals surface area (Å²) in [6.07, 6.45) is 0. The average Bonchev–Trinajstić information content (AvgIpc) is 2.95. The van der Waals surface area contributed by atoms with Gasteiger partial charge in [-0.05, 0) is 61.9 Å². The molecular weight excluding hydrogens is 314 g/mol. The minimum Gasteiger partial charge on any atom is -0.494 e. The van der Waals surface area contributed by atoms with Gasteiger partial charge >= 0.3 is 0 Å². The molecule has 1 heterocycles. The smallest absolute Gasteiger partial charge is 0.249 e. The molecule has 0 aliphatic heterocycles. The van der Waals surface area contributed by atoms with Gasteiger partial charge < -0.3 is 15.0 Å². The molecule has 0 fully saturated rings. The molecule has 125 valence electrons. The molecule has 1 radical (unpaired) electrons. The normalized spacial score (nSPS) is 10.6. The summed E-state index contributed by atoms with van der Waals surface area (Å²) < 4.78 is 7.49. The fourth-order valence-corrected chi connectivity index (χ4v) is 3.14. The van der Waals surface area contributed by atoms with Crippen LogP contribution in [0.4, 0.5) is 0 Å². The van der Waals surface area contributed by atoms with Crippen molar-refractivity contribution in [2.24, 2.45) is 5.73 Å². The predicted molar refractivity (Wildman–Crippen MR) is 96.3 cm³/mol. The van der Waals surface area contributed by atoms with E-state index in [0.29, 0.717) is 29.7 Å². The number of hydrogen-bond acceptors (Lipinski definition) is 3. The number of primary amides is 1. The molecule has 3 rings (SSSR count). The van der Waals surface area contributed by atoms with Crippen molar-refractivity contribution in [3.8, 4) is 23.1 Å². The van der Waals surface area contributed by atoms with E-state index in [1.54, 1.807) is 6.07 Å². The van der Waals surface area contributed by atoms with E-state index in [9.17, 15) is 10.1 Å². The standard InChI is InChI=1S/C20H18N3O2/c1-3-23-17-7-5-6-15(20(22)24)18(17)16(12-21)19(23)13-8-10-14(11-9-13)25-4-2/h6-11H,3-4H2,1-2H3,(H2,22,24). The molecule has 0 aliphatic carbocycles. The van der Waals surface area contributed by atoms with E-state index >= 15 is 0 Å². The summed E-state index contributed by atoms with van der Waals surface area (Å²) in [6, 6.07) is 16.1. The van der Waals surface area contributed by atoms with E-state index in [-0.39, 0.29) is 0 Å². The Hall–Kier alpha value is -3.26. The molecule has 0 bridgehead atoms. The van der Waals surface area contributed by atoms with Crippen LogP contribution in [-0.2, 0) is 6.54 Å². The lowest BCUT2D eigenvalue weighted by molar-refractivity contribution is 0.100. The third-order valence-electron chi connectivity index (χ3n) is 4.15. The van der Waals surface area contributed by atoms with Crippen LogP contribution in [0.2, 0.25) is 0 Å². The number of aromatic nitrogens is 1. The molecule has 0 saturated carbocycles. The first-order valence-electron chi connectivity index (χ1n) is 8.11. The fourth-order valence-electron chi connectivity index (χ4n) is 3.14. The second-order valence-corrected chi connectivity index (χ2v) is 5.53. The molecule has 25 heavy (non-hydrogen) atoms. The molecular formula is C20H18N3O2. The zero-order valence-electron chi connectivity index (χ0n) is 14.2. The van der Waals surface area contributed by atoms with Crippen LogP contribution in [0.5, 0.6) is 5.75 Å². The molecule has 0 unspecified atom stereocenters. The van der Waals surface area contributed by atoms with Crippen LogP contribution in [0.1, 0.15) is 29.8 Å². The quantitative estimate of drug-likeness (QED) is 0.776. The second-order valence-electron chi connectivity index (χ2n) is 5.53. The zero-order valence-corrected chi connectivity index (χ0v) is 14.2. The SMILES string of the molecule is CCOc1ccc(-c2c(C#N)c3c(C(N)=O)c[c]cc3n2CC)cc1. The summed E-state index contributed by atoms with van der Waals surface area (Å²) in [5.74, 6) is 0.208. The predicted octanol–water partition coefficient (Wildman–Crippen LogP) is 3.50. The maximum Gasteiger partial charge on any atom is 0.249 e. The summed E-state index contributed by atoms with van der Waals surface area (Å²) in [7, 11) is 0. The molecule has 0 aliphatic rings. The van der Waals surface area contributed by atoms with Gasteiger partial charge in [0.25, 0.3) is 0 Å². The van der Waals surface area contributed by atoms with Gasteiger partial charge in [0.2, 0.25) is 5.91 Å². The van der Waals surface area contributed by atoms with Gasteiger partial charge in [0.15, 0.2) is 0 Å². The number of fused-ring (bicyclic) bond motifs is 1. The van der Waals surface area contributed by atoms with Crippen LogP contribution >= 0.6 is 0 Å². The first kappa shape index (κ1) is 16.6. The Morgan fingerprint density at radius 3 is 2.56 bits per heavy atom. The van der Waals surface area contributed by atoms with E-state index in [1.165, 1.54) is 6.07 Å². The molecule has 3 aromatic rings. The lowest BCUT2D eigenvalue weighted by atomic mass is 10.0. The third-order valence-corrected chi connectivity index (χ3v) is 4.15. The van der Waals surface area contributed by atoms with E-state index < -0.39 is 5.91 Å². The number of nitriles is 1. The largest absolute Gasteiger partial charge is 0.494 e. The Bertz CT molecular complexity index is 979. The number of amides is 1. The Labute approximate surface area is 146 Å². The summed E-state index contributed by atoms with van der Waals surface area (Å²) in [5, 5.41) is 10.4. The minimum absolute atomic E-state index is 0.313. The van der Waals surface area contributed by atoms with Crippen LogP contribution in [0.25, 0.3) is 22.2 Å². The van der Waals surface area contributed by atoms with Gasteiger partial charge in [-0.15, -0.1) is 0 Å². The molecule has 0 atom stereocenters. The fraction of sp³-hybridized carbons (Fsp3) is 0.200. The van der Waals surface area contributed by atoms with Crippen molar-refractivity contribution in [2.75, 3.05) is 6.61 Å². The highest BCUT2D eigenvalue weighted by atomic mass is 16.5. The molecule has 5 nitrogen and oxygen atoms in total. The van der Waals surface area contributed by atoms with Gasteiger partial charge in [-0.25, -0.2) is 0 Å². The number of ether oxygens (including phenoxy) is 1. The average molecular weight is 332 g/mol. The molecule has 2 aromatic carbocycles. The Balaban J connectivity index is 2.33. The van der Waals surface area contributed by atoms with Gasteiger partial charge in [0, 0.05) is 11.9 Å². The first-order chi connectivity index (χ1) is 12.1. The van der Waals surface area contributed by atoms with Crippen LogP contribution in [0.15, 0.2) is 36.4 Å². The van der Waals surface area contributed by atoms with Crippen molar-refractivity contribution >= 4 is 16.8 Å². The lowest BCUT2D eigenvalue weighted by Crippen LogP contribution is -2.11. The van der Waals surface area contributed by atoms with Gasteiger partial charge in [-0.1, -0.05) is 0 Å². The van der Waals surface area contributed by atoms with Gasteiger partial charge in [-0.3, -0.25) is 4.79 Å². The minimum atomic E-state index is -0.565. The molecule has 1 amide bonds. The number of carbonyl (C=O) groups is 1. The highest BCUT2D eigenvalue weighted by Gasteiger charge is 2.21. The summed E-state index contributed by atoms with van der Waals surface area (Å²) in [5.41, 5.74) is 8.69. The Kier molecular flexibility index (Phi) is 4.44. The van der Waals surface area contributed by atoms with Crippen LogP contribution in [0.3, 0.4) is 0 Å². The van der Waals surface area contributed by atoms with Gasteiger partial charge in [0.05, 0.1) is 28.9 Å². The number of nitrogens with two attached hydrogens (primary N) is 1. The summed E-state index contributed by atoms with van der Waals surface area (Å²) in [4.78, 5) is 11.8. The van der Waals surface area contributed by atoms with Crippen molar-refractivity contribution in [3.05, 3.63) is 53.6 Å². The maximum absolute atomic E-state index is 11.8. The lowest BCUT2D eigenvalue weighted by Gasteiger charge is -2.09. The molecule has 5 heteroatoms. The number of rotatable bonds is 5.